The highest BCUT2D eigenvalue weighted by atomic mass is 35.5. The molecule has 0 unspecified atom stereocenters. The lowest BCUT2D eigenvalue weighted by Crippen LogP contribution is -2.18. The first kappa shape index (κ1) is 25.8. The number of para-hydroxylation sites is 1. The normalized spacial score (nSPS) is 12.0. The molecule has 0 saturated heterocycles. The Bertz CT molecular complexity index is 1860. The number of halogens is 2. The number of aromatic nitrogens is 3. The zero-order valence-corrected chi connectivity index (χ0v) is 22.7. The molecule has 0 atom stereocenters. The van der Waals surface area contributed by atoms with Gasteiger partial charge >= 0.3 is 0 Å². The lowest BCUT2D eigenvalue weighted by atomic mass is 10.0. The van der Waals surface area contributed by atoms with Crippen molar-refractivity contribution in [2.75, 3.05) is 5.32 Å². The maximum Gasteiger partial charge on any atom is 0.261 e. The van der Waals surface area contributed by atoms with Gasteiger partial charge in [0.05, 0.1) is 37.0 Å². The molecule has 0 saturated carbocycles. The number of fused-ring (bicyclic) bond motifs is 3. The van der Waals surface area contributed by atoms with E-state index in [2.05, 4.69) is 20.0 Å². The average Bonchev–Trinajstić information content (AvgIpc) is 3.22. The van der Waals surface area contributed by atoms with E-state index >= 15 is 0 Å². The molecule has 0 amide bonds. The Morgan fingerprint density at radius 2 is 1.74 bits per heavy atom. The number of H-pyrrole nitrogens is 1. The van der Waals surface area contributed by atoms with Gasteiger partial charge in [-0.05, 0) is 48.2 Å². The molecule has 0 fully saturated rings. The van der Waals surface area contributed by atoms with Gasteiger partial charge in [-0.1, -0.05) is 59.6 Å². The summed E-state index contributed by atoms with van der Waals surface area (Å²) in [7, 11) is -1.85. The molecule has 2 heterocycles. The van der Waals surface area contributed by atoms with Crippen molar-refractivity contribution in [1.82, 2.24) is 19.3 Å². The summed E-state index contributed by atoms with van der Waals surface area (Å²) in [6.45, 7) is 1.92. The summed E-state index contributed by atoms with van der Waals surface area (Å²) in [5, 5.41) is 5.36. The third-order valence-electron chi connectivity index (χ3n) is 6.30. The van der Waals surface area contributed by atoms with Crippen molar-refractivity contribution in [1.29, 1.82) is 0 Å². The fourth-order valence-corrected chi connectivity index (χ4v) is 5.75. The van der Waals surface area contributed by atoms with E-state index < -0.39 is 10.0 Å². The van der Waals surface area contributed by atoms with Crippen LogP contribution in [0, 0.1) is 6.92 Å². The zero-order valence-electron chi connectivity index (χ0n) is 20.4. The predicted molar refractivity (Wildman–Crippen MR) is 153 cm³/mol. The lowest BCUT2D eigenvalue weighted by Gasteiger charge is -2.11. The van der Waals surface area contributed by atoms with Crippen LogP contribution in [0.3, 0.4) is 0 Å². The Morgan fingerprint density at radius 1 is 1.03 bits per heavy atom. The third-order valence-corrected chi connectivity index (χ3v) is 8.27. The topological polar surface area (TPSA) is 109 Å². The number of imidazole rings is 1. The minimum absolute atomic E-state index is 0.172. The van der Waals surface area contributed by atoms with E-state index in [1.165, 1.54) is 18.3 Å². The van der Waals surface area contributed by atoms with Crippen LogP contribution in [0.2, 0.25) is 10.0 Å². The van der Waals surface area contributed by atoms with Gasteiger partial charge in [0.2, 0.25) is 5.95 Å². The zero-order chi connectivity index (χ0) is 27.0. The maximum atomic E-state index is 13.3. The van der Waals surface area contributed by atoms with Gasteiger partial charge < -0.3 is 14.9 Å². The highest BCUT2D eigenvalue weighted by molar-refractivity contribution is 7.89. The Hall–Kier alpha value is -3.79. The maximum absolute atomic E-state index is 13.3. The molecule has 0 aliphatic rings. The van der Waals surface area contributed by atoms with Crippen molar-refractivity contribution in [2.45, 2.75) is 18.2 Å². The summed E-state index contributed by atoms with van der Waals surface area (Å²) >= 11 is 12.6. The van der Waals surface area contributed by atoms with Crippen molar-refractivity contribution in [3.05, 3.63) is 105 Å². The number of sulfonamides is 1. The Labute approximate surface area is 229 Å². The van der Waals surface area contributed by atoms with Gasteiger partial charge in [0.25, 0.3) is 15.6 Å². The Morgan fingerprint density at radius 3 is 2.45 bits per heavy atom. The molecule has 0 aliphatic heterocycles. The number of anilines is 2. The van der Waals surface area contributed by atoms with E-state index in [-0.39, 0.29) is 10.5 Å². The highest BCUT2D eigenvalue weighted by Crippen LogP contribution is 2.34. The van der Waals surface area contributed by atoms with Gasteiger partial charge in [0.1, 0.15) is 0 Å². The van der Waals surface area contributed by atoms with Gasteiger partial charge in [0.15, 0.2) is 0 Å². The first-order valence-electron chi connectivity index (χ1n) is 11.6. The molecule has 38 heavy (non-hydrogen) atoms. The van der Waals surface area contributed by atoms with Crippen LogP contribution >= 0.6 is 23.2 Å². The summed E-state index contributed by atoms with van der Waals surface area (Å²) in [6, 6.07) is 17.0. The minimum Gasteiger partial charge on any atom is -0.325 e. The van der Waals surface area contributed by atoms with Gasteiger partial charge in [-0.25, -0.2) is 13.4 Å². The van der Waals surface area contributed by atoms with Gasteiger partial charge in [-0.3, -0.25) is 9.52 Å². The molecular formula is C27H23Cl2N5O3S. The number of rotatable bonds is 7. The number of nitrogens with one attached hydrogen (secondary N) is 3. The van der Waals surface area contributed by atoms with E-state index in [0.717, 1.165) is 10.9 Å². The second kappa shape index (κ2) is 10.2. The first-order valence-corrected chi connectivity index (χ1v) is 13.9. The van der Waals surface area contributed by atoms with Crippen LogP contribution < -0.4 is 15.6 Å². The van der Waals surface area contributed by atoms with Crippen LogP contribution in [-0.2, 0) is 23.5 Å². The summed E-state index contributed by atoms with van der Waals surface area (Å²) in [4.78, 5) is 21.1. The van der Waals surface area contributed by atoms with E-state index in [9.17, 15) is 13.2 Å². The molecule has 0 bridgehead atoms. The SMILES string of the molecule is Cc1c(CC=CNS(=O)(=O)c2ccccc2)[nH]c(=O)c2c1ccc1nc(Nc3c(Cl)cccc3Cl)n(C)c12. The summed E-state index contributed by atoms with van der Waals surface area (Å²) in [5.41, 5.74) is 3.12. The Balaban J connectivity index is 1.47. The van der Waals surface area contributed by atoms with Crippen LogP contribution in [-0.4, -0.2) is 23.0 Å². The van der Waals surface area contributed by atoms with Crippen LogP contribution in [0.25, 0.3) is 21.8 Å². The van der Waals surface area contributed by atoms with Crippen molar-refractivity contribution in [3.63, 3.8) is 0 Å². The van der Waals surface area contributed by atoms with Gasteiger partial charge in [0, 0.05) is 25.4 Å². The average molecular weight is 568 g/mol. The molecule has 0 aliphatic carbocycles. The Kier molecular flexibility index (Phi) is 6.92. The van der Waals surface area contributed by atoms with Crippen molar-refractivity contribution < 1.29 is 8.42 Å². The number of aromatic amines is 1. The molecule has 11 heteroatoms. The number of nitrogens with zero attached hydrogens (tertiary/aromatic N) is 2. The largest absolute Gasteiger partial charge is 0.325 e. The van der Waals surface area contributed by atoms with E-state index in [1.807, 2.05) is 26.1 Å². The number of aryl methyl sites for hydroxylation is 2. The molecule has 5 rings (SSSR count). The first-order chi connectivity index (χ1) is 18.2. The van der Waals surface area contributed by atoms with E-state index in [1.54, 1.807) is 47.0 Å². The standard InChI is InChI=1S/C27H23Cl2N5O3S/c1-16-18-13-14-22-25(34(2)27(32-22)33-24-19(28)10-6-11-20(24)29)23(18)26(35)31-21(16)12-7-15-30-38(36,37)17-8-4-3-5-9-17/h3-11,13-15,30H,12H2,1-2H3,(H,31,35)(H,32,33). The quantitative estimate of drug-likeness (QED) is 0.230. The molecule has 2 aromatic heterocycles. The molecule has 0 radical (unpaired) electrons. The molecule has 3 N–H and O–H groups in total. The second-order valence-electron chi connectivity index (χ2n) is 8.67. The molecule has 5 aromatic rings. The number of hydrogen-bond donors (Lipinski definition) is 3. The van der Waals surface area contributed by atoms with Crippen LogP contribution in [0.4, 0.5) is 11.6 Å². The fourth-order valence-electron chi connectivity index (χ4n) is 4.33. The molecule has 0 spiro atoms. The van der Waals surface area contributed by atoms with Crippen molar-refractivity contribution >= 4 is 66.7 Å². The van der Waals surface area contributed by atoms with Gasteiger partial charge in [-0.2, -0.15) is 0 Å². The monoisotopic (exact) mass is 567 g/mol. The molecular weight excluding hydrogens is 545 g/mol. The lowest BCUT2D eigenvalue weighted by molar-refractivity contribution is 0.590. The van der Waals surface area contributed by atoms with Crippen molar-refractivity contribution in [3.8, 4) is 0 Å². The van der Waals surface area contributed by atoms with Crippen LogP contribution in [0.1, 0.15) is 11.3 Å². The minimum atomic E-state index is -3.66. The third kappa shape index (κ3) is 4.76. The van der Waals surface area contributed by atoms with E-state index in [4.69, 9.17) is 23.2 Å². The second-order valence-corrected chi connectivity index (χ2v) is 11.2. The molecule has 194 valence electrons. The smallest absolute Gasteiger partial charge is 0.261 e. The number of pyridine rings is 1. The fraction of sp³-hybridized carbons (Fsp3) is 0.111. The van der Waals surface area contributed by atoms with E-state index in [0.29, 0.717) is 50.2 Å². The summed E-state index contributed by atoms with van der Waals surface area (Å²) < 4.78 is 29.0. The number of allylic oxidation sites excluding steroid dienone is 1. The highest BCUT2D eigenvalue weighted by Gasteiger charge is 2.18. The van der Waals surface area contributed by atoms with Crippen LogP contribution in [0.15, 0.2) is 82.6 Å². The van der Waals surface area contributed by atoms with Crippen molar-refractivity contribution in [2.24, 2.45) is 7.05 Å². The summed E-state index contributed by atoms with van der Waals surface area (Å²) in [5.74, 6) is 0.484. The summed E-state index contributed by atoms with van der Waals surface area (Å²) in [6.07, 6.45) is 3.35. The number of benzene rings is 3. The predicted octanol–water partition coefficient (Wildman–Crippen LogP) is 5.81. The van der Waals surface area contributed by atoms with Crippen LogP contribution in [0.5, 0.6) is 0 Å². The number of hydrogen-bond acceptors (Lipinski definition) is 5. The van der Waals surface area contributed by atoms with Gasteiger partial charge in [-0.15, -0.1) is 0 Å². The molecule has 8 nitrogen and oxygen atoms in total. The molecule has 3 aromatic carbocycles.